The van der Waals surface area contributed by atoms with Gasteiger partial charge in [0.15, 0.2) is 13.5 Å². The van der Waals surface area contributed by atoms with Gasteiger partial charge >= 0.3 is 18.0 Å². The van der Waals surface area contributed by atoms with E-state index in [1.807, 2.05) is 66.4 Å². The van der Waals surface area contributed by atoms with Crippen molar-refractivity contribution in [1.29, 1.82) is 0 Å². The molecule has 0 spiro atoms. The summed E-state index contributed by atoms with van der Waals surface area (Å²) < 4.78 is 14.5. The van der Waals surface area contributed by atoms with Crippen LogP contribution in [-0.4, -0.2) is 129 Å². The lowest BCUT2D eigenvalue weighted by molar-refractivity contribution is -0.135. The van der Waals surface area contributed by atoms with Gasteiger partial charge in [-0.25, -0.2) is 19.1 Å². The number of para-hydroxylation sites is 1. The predicted molar refractivity (Wildman–Crippen MR) is 282 cm³/mol. The quantitative estimate of drug-likeness (QED) is 0.107. The Morgan fingerprint density at radius 2 is 1.38 bits per heavy atom. The number of nitrogens with one attached hydrogen (secondary N) is 1. The van der Waals surface area contributed by atoms with Gasteiger partial charge in [0.1, 0.15) is 6.04 Å². The topological polar surface area (TPSA) is 152 Å². The summed E-state index contributed by atoms with van der Waals surface area (Å²) in [5.74, 6) is -1.29. The normalized spacial score (nSPS) is 16.5. The van der Waals surface area contributed by atoms with E-state index >= 15 is 0 Å². The molecule has 376 valence electrons. The van der Waals surface area contributed by atoms with E-state index in [1.165, 1.54) is 4.57 Å². The molecule has 3 saturated heterocycles. The van der Waals surface area contributed by atoms with E-state index in [0.29, 0.717) is 67.3 Å². The van der Waals surface area contributed by atoms with Crippen LogP contribution in [0.5, 0.6) is 0 Å². The van der Waals surface area contributed by atoms with E-state index in [-0.39, 0.29) is 55.7 Å². The maximum atomic E-state index is 14.6. The van der Waals surface area contributed by atoms with Gasteiger partial charge in [-0.15, -0.1) is 12.4 Å². The van der Waals surface area contributed by atoms with Gasteiger partial charge in [-0.1, -0.05) is 73.8 Å². The van der Waals surface area contributed by atoms with Crippen LogP contribution in [0.25, 0.3) is 34.0 Å². The fourth-order valence-corrected chi connectivity index (χ4v) is 10.5. The first-order valence-corrected chi connectivity index (χ1v) is 24.6. The number of rotatable bonds is 14. The number of aromatic nitrogens is 3. The van der Waals surface area contributed by atoms with Crippen molar-refractivity contribution in [2.45, 2.75) is 70.5 Å². The molecule has 0 radical (unpaired) electrons. The highest BCUT2D eigenvalue weighted by atomic mass is 35.5. The first kappa shape index (κ1) is 51.3. The maximum Gasteiger partial charge on any atom is 0.339 e. The maximum absolute atomic E-state index is 14.6. The fraction of sp³-hybridized carbons (Fsp3) is 0.357. The summed E-state index contributed by atoms with van der Waals surface area (Å²) >= 11 is 0. The first-order valence-electron chi connectivity index (χ1n) is 24.6. The van der Waals surface area contributed by atoms with Crippen molar-refractivity contribution in [3.05, 3.63) is 160 Å². The second-order valence-electron chi connectivity index (χ2n) is 19.0. The molecule has 16 heteroatoms. The molecule has 1 N–H and O–H groups in total. The van der Waals surface area contributed by atoms with Crippen molar-refractivity contribution in [3.8, 4) is 0 Å². The highest BCUT2D eigenvalue weighted by Crippen LogP contribution is 2.29. The summed E-state index contributed by atoms with van der Waals surface area (Å²) in [5, 5.41) is 9.37. The zero-order chi connectivity index (χ0) is 49.6. The van der Waals surface area contributed by atoms with Crippen LogP contribution in [0.2, 0.25) is 0 Å². The molecule has 1 atom stereocenters. The van der Waals surface area contributed by atoms with Crippen LogP contribution in [0.1, 0.15) is 80.1 Å². The van der Waals surface area contributed by atoms with Crippen LogP contribution >= 0.6 is 12.4 Å². The SMILES string of the molecule is C=Cc1cccc(C(=O)OCn2ncc3cc(C[C@@H](NC(=O)N4CCC(c5cc6ccccc6n(COC(=O)c6cccc(C=C)c6)c5=O)CC4)C(=O)N4CCN(C5CCN(C)CC5)CC4)cc(C)c32)c1.Cl. The number of pyridine rings is 1. The van der Waals surface area contributed by atoms with Crippen molar-refractivity contribution < 1.29 is 28.7 Å². The molecule has 0 bridgehead atoms. The second-order valence-corrected chi connectivity index (χ2v) is 19.0. The molecule has 0 aliphatic carbocycles. The number of amides is 3. The molecule has 4 aromatic carbocycles. The number of benzene rings is 4. The van der Waals surface area contributed by atoms with Gasteiger partial charge in [0.2, 0.25) is 5.91 Å². The zero-order valence-electron chi connectivity index (χ0n) is 41.0. The third kappa shape index (κ3) is 11.5. The third-order valence-electron chi connectivity index (χ3n) is 14.5. The Labute approximate surface area is 426 Å². The third-order valence-corrected chi connectivity index (χ3v) is 14.5. The van der Waals surface area contributed by atoms with Gasteiger partial charge in [0.05, 0.1) is 28.4 Å². The molecule has 3 fully saturated rings. The summed E-state index contributed by atoms with van der Waals surface area (Å²) in [5.41, 5.74) is 5.94. The summed E-state index contributed by atoms with van der Waals surface area (Å²) in [6.45, 7) is 14.8. The van der Waals surface area contributed by atoms with E-state index in [9.17, 15) is 24.0 Å². The fourth-order valence-electron chi connectivity index (χ4n) is 10.5. The van der Waals surface area contributed by atoms with Crippen LogP contribution in [0.3, 0.4) is 0 Å². The summed E-state index contributed by atoms with van der Waals surface area (Å²) in [7, 11) is 2.16. The number of piperazine rings is 1. The largest absolute Gasteiger partial charge is 0.440 e. The number of nitrogens with zero attached hydrogens (tertiary/aromatic N) is 7. The number of esters is 2. The van der Waals surface area contributed by atoms with Crippen molar-refractivity contribution in [1.82, 2.24) is 39.3 Å². The number of hydrogen-bond acceptors (Lipinski definition) is 10. The lowest BCUT2D eigenvalue weighted by atomic mass is 9.89. The molecule has 5 heterocycles. The highest BCUT2D eigenvalue weighted by molar-refractivity contribution is 5.91. The first-order chi connectivity index (χ1) is 34.5. The molecule has 3 aliphatic heterocycles. The van der Waals surface area contributed by atoms with Gasteiger partial charge in [0, 0.05) is 62.7 Å². The highest BCUT2D eigenvalue weighted by Gasteiger charge is 2.34. The average Bonchev–Trinajstić information content (AvgIpc) is 3.82. The number of hydrogen-bond donors (Lipinski definition) is 1. The van der Waals surface area contributed by atoms with Crippen molar-refractivity contribution in [2.75, 3.05) is 59.4 Å². The molecule has 15 nitrogen and oxygen atoms in total. The standard InChI is InChI=1S/C56H62N8O7.ClH/c1-5-39-11-9-14-44(30-39)54(67)70-36-63-50-16-8-7-13-43(50)34-48(52(63)65)42-17-23-62(24-18-42)56(69)58-49(53(66)61-27-25-60(26-28-61)47-19-21-59(4)22-20-47)33-41-29-38(3)51-46(32-41)35-57-64(51)37-71-55(68)45-15-10-12-40(6-2)31-45;/h5-16,29-32,34-35,42,47,49H,1-2,17-28,33,36-37H2,3-4H3,(H,58,69);1H/t49-;/m1./s1. The monoisotopic (exact) mass is 994 g/mol. The van der Waals surface area contributed by atoms with Crippen molar-refractivity contribution >= 4 is 70.2 Å². The van der Waals surface area contributed by atoms with Crippen molar-refractivity contribution in [3.63, 3.8) is 0 Å². The summed E-state index contributed by atoms with van der Waals surface area (Å²) in [6.07, 6.45) is 8.60. The minimum absolute atomic E-state index is 0. The van der Waals surface area contributed by atoms with Crippen LogP contribution in [0, 0.1) is 6.92 Å². The number of likely N-dealkylation sites (tertiary alicyclic amines) is 2. The number of carbonyl (C=O) groups is 4. The number of piperidine rings is 2. The number of carbonyl (C=O) groups excluding carboxylic acids is 4. The summed E-state index contributed by atoms with van der Waals surface area (Å²) in [6, 6.07) is 26.8. The second kappa shape index (κ2) is 23.0. The molecule has 9 rings (SSSR count). The van der Waals surface area contributed by atoms with E-state index in [4.69, 9.17) is 9.47 Å². The molecule has 0 saturated carbocycles. The molecular weight excluding hydrogens is 932 g/mol. The molecule has 3 aliphatic rings. The molecular formula is C56H63ClN8O7. The van der Waals surface area contributed by atoms with Gasteiger partial charge in [-0.05, 0) is 129 Å². The Hall–Kier alpha value is -7.07. The number of urea groups is 1. The molecule has 0 unspecified atom stereocenters. The van der Waals surface area contributed by atoms with E-state index in [1.54, 1.807) is 64.3 Å². The van der Waals surface area contributed by atoms with E-state index < -0.39 is 18.0 Å². The zero-order valence-corrected chi connectivity index (χ0v) is 41.9. The molecule has 6 aromatic rings. The van der Waals surface area contributed by atoms with Crippen molar-refractivity contribution in [2.24, 2.45) is 0 Å². The van der Waals surface area contributed by atoms with Crippen LogP contribution < -0.4 is 10.9 Å². The Bertz CT molecular complexity index is 3040. The van der Waals surface area contributed by atoms with E-state index in [0.717, 1.165) is 77.6 Å². The number of halogens is 1. The van der Waals surface area contributed by atoms with Gasteiger partial charge in [-0.3, -0.25) is 19.1 Å². The Kier molecular flexibility index (Phi) is 16.4. The van der Waals surface area contributed by atoms with Gasteiger partial charge in [-0.2, -0.15) is 5.10 Å². The van der Waals surface area contributed by atoms with E-state index in [2.05, 4.69) is 40.4 Å². The number of ether oxygens (including phenoxy) is 2. The minimum atomic E-state index is -0.844. The minimum Gasteiger partial charge on any atom is -0.440 e. The van der Waals surface area contributed by atoms with Crippen LogP contribution in [0.15, 0.2) is 115 Å². The van der Waals surface area contributed by atoms with Crippen LogP contribution in [0.4, 0.5) is 4.79 Å². The Balaban J connectivity index is 0.00000693. The molecule has 72 heavy (non-hydrogen) atoms. The predicted octanol–water partition coefficient (Wildman–Crippen LogP) is 7.74. The molecule has 3 amide bonds. The lowest BCUT2D eigenvalue weighted by Gasteiger charge is -2.43. The van der Waals surface area contributed by atoms with Crippen LogP contribution in [-0.2, 0) is 34.2 Å². The average molecular weight is 996 g/mol. The number of fused-ring (bicyclic) bond motifs is 2. The lowest BCUT2D eigenvalue weighted by Crippen LogP contribution is -2.59. The van der Waals surface area contributed by atoms with Gasteiger partial charge < -0.3 is 29.5 Å². The Morgan fingerprint density at radius 3 is 2.03 bits per heavy atom. The summed E-state index contributed by atoms with van der Waals surface area (Å²) in [4.78, 5) is 77.8. The molecule has 2 aromatic heterocycles. The van der Waals surface area contributed by atoms with Gasteiger partial charge in [0.25, 0.3) is 5.56 Å². The Morgan fingerprint density at radius 1 is 0.736 bits per heavy atom. The number of aryl methyl sites for hydroxylation is 1. The smallest absolute Gasteiger partial charge is 0.339 e.